The van der Waals surface area contributed by atoms with Crippen LogP contribution < -0.4 is 27.0 Å². The number of hydrogen-bond acceptors (Lipinski definition) is 7. The fraction of sp³-hybridized carbons (Fsp3) is 0.304. The van der Waals surface area contributed by atoms with Crippen LogP contribution in [0.25, 0.3) is 0 Å². The molecule has 2 aromatic rings. The maximum Gasteiger partial charge on any atom is 0.344 e. The lowest BCUT2D eigenvalue weighted by atomic mass is 10.1. The Kier molecular flexibility index (Phi) is 11.2. The van der Waals surface area contributed by atoms with E-state index in [0.29, 0.717) is 5.56 Å². The Morgan fingerprint density at radius 3 is 2.00 bits per heavy atom. The van der Waals surface area contributed by atoms with Gasteiger partial charge in [0.05, 0.1) is 19.1 Å². The predicted octanol–water partition coefficient (Wildman–Crippen LogP) is -1.53. The fourth-order valence-electron chi connectivity index (χ4n) is 3.13. The number of phenolic OH excluding ortho intramolecular Hbond substituents is 1. The maximum atomic E-state index is 12.4. The molecule has 14 heteroatoms. The summed E-state index contributed by atoms with van der Waals surface area (Å²) in [7, 11) is -4.50. The highest BCUT2D eigenvalue weighted by Crippen LogP contribution is 2.31. The first-order valence-corrected chi connectivity index (χ1v) is 13.0. The monoisotopic (exact) mass is 535 g/mol. The summed E-state index contributed by atoms with van der Waals surface area (Å²) in [5.74, 6) is -2.71. The summed E-state index contributed by atoms with van der Waals surface area (Å²) in [6.45, 7) is -0.947. The first-order valence-electron chi connectivity index (χ1n) is 11.2. The molecular weight excluding hydrogens is 505 g/mol. The Hall–Kier alpha value is -3.77. The van der Waals surface area contributed by atoms with Gasteiger partial charge in [-0.2, -0.15) is 0 Å². The van der Waals surface area contributed by atoms with Crippen molar-refractivity contribution in [1.29, 1.82) is 0 Å². The third-order valence-corrected chi connectivity index (χ3v) is 5.56. The van der Waals surface area contributed by atoms with E-state index >= 15 is 0 Å². The van der Waals surface area contributed by atoms with Crippen LogP contribution in [0, 0.1) is 0 Å². The summed E-state index contributed by atoms with van der Waals surface area (Å²) in [5.41, 5.74) is 7.24. The minimum absolute atomic E-state index is 0.0441. The van der Waals surface area contributed by atoms with Gasteiger partial charge in [-0.3, -0.25) is 23.7 Å². The van der Waals surface area contributed by atoms with Crippen molar-refractivity contribution < 1.29 is 38.6 Å². The molecule has 200 valence electrons. The van der Waals surface area contributed by atoms with Gasteiger partial charge in [0.25, 0.3) is 0 Å². The number of nitrogens with one attached hydrogen (secondary N) is 4. The van der Waals surface area contributed by atoms with E-state index in [9.17, 15) is 28.8 Å². The molecule has 0 radical (unpaired) electrons. The SMILES string of the molecule is N[C@@H](Cc1ccc(O)cc1)C(=O)NCC(=O)NCC(=O)N[C@@H](Cc1ccccc1)C(=O)NCP(=O)(O)O. The normalized spacial score (nSPS) is 12.6. The van der Waals surface area contributed by atoms with Crippen LogP contribution in [-0.2, 0) is 36.6 Å². The minimum Gasteiger partial charge on any atom is -0.508 e. The smallest absolute Gasteiger partial charge is 0.344 e. The van der Waals surface area contributed by atoms with Crippen LogP contribution in [0.3, 0.4) is 0 Å². The van der Waals surface area contributed by atoms with E-state index in [1.165, 1.54) is 12.1 Å². The van der Waals surface area contributed by atoms with E-state index in [4.69, 9.17) is 15.5 Å². The molecule has 13 nitrogen and oxygen atoms in total. The maximum absolute atomic E-state index is 12.4. The molecule has 0 bridgehead atoms. The van der Waals surface area contributed by atoms with Crippen molar-refractivity contribution in [2.24, 2.45) is 5.73 Å². The van der Waals surface area contributed by atoms with Crippen molar-refractivity contribution in [2.75, 3.05) is 19.4 Å². The van der Waals surface area contributed by atoms with Gasteiger partial charge >= 0.3 is 7.60 Å². The molecule has 0 saturated heterocycles. The van der Waals surface area contributed by atoms with Crippen molar-refractivity contribution in [3.05, 3.63) is 65.7 Å². The highest BCUT2D eigenvalue weighted by molar-refractivity contribution is 7.51. The Morgan fingerprint density at radius 2 is 1.38 bits per heavy atom. The zero-order valence-corrected chi connectivity index (χ0v) is 20.7. The molecule has 0 aliphatic rings. The number of carbonyl (C=O) groups is 4. The lowest BCUT2D eigenvalue weighted by molar-refractivity contribution is -0.130. The van der Waals surface area contributed by atoms with E-state index in [1.807, 2.05) is 0 Å². The predicted molar refractivity (Wildman–Crippen MR) is 133 cm³/mol. The largest absolute Gasteiger partial charge is 0.508 e. The zero-order valence-electron chi connectivity index (χ0n) is 19.8. The van der Waals surface area contributed by atoms with E-state index in [-0.39, 0.29) is 18.6 Å². The molecule has 0 spiro atoms. The second kappa shape index (κ2) is 14.1. The molecule has 2 aromatic carbocycles. The van der Waals surface area contributed by atoms with Crippen molar-refractivity contribution >= 4 is 31.2 Å². The van der Waals surface area contributed by atoms with Crippen molar-refractivity contribution in [2.45, 2.75) is 24.9 Å². The van der Waals surface area contributed by atoms with Gasteiger partial charge in [0.15, 0.2) is 0 Å². The van der Waals surface area contributed by atoms with Gasteiger partial charge in [-0.15, -0.1) is 0 Å². The molecule has 2 atom stereocenters. The average Bonchev–Trinajstić information content (AvgIpc) is 2.85. The van der Waals surface area contributed by atoms with Gasteiger partial charge in [-0.25, -0.2) is 0 Å². The number of amides is 4. The molecule has 0 aliphatic heterocycles. The summed E-state index contributed by atoms with van der Waals surface area (Å²) in [6, 6.07) is 12.7. The Morgan fingerprint density at radius 1 is 0.784 bits per heavy atom. The molecule has 4 amide bonds. The van der Waals surface area contributed by atoms with E-state index in [2.05, 4.69) is 21.3 Å². The van der Waals surface area contributed by atoms with Crippen molar-refractivity contribution in [1.82, 2.24) is 21.3 Å². The van der Waals surface area contributed by atoms with Crippen LogP contribution in [0.2, 0.25) is 0 Å². The fourth-order valence-corrected chi connectivity index (χ4v) is 3.49. The number of carbonyl (C=O) groups excluding carboxylic acids is 4. The Balaban J connectivity index is 1.82. The number of benzene rings is 2. The molecule has 2 rings (SSSR count). The van der Waals surface area contributed by atoms with Gasteiger partial charge < -0.3 is 41.9 Å². The molecule has 37 heavy (non-hydrogen) atoms. The quantitative estimate of drug-likeness (QED) is 0.139. The summed E-state index contributed by atoms with van der Waals surface area (Å²) in [5, 5.41) is 18.5. The van der Waals surface area contributed by atoms with E-state index < -0.39 is 62.7 Å². The lowest BCUT2D eigenvalue weighted by Gasteiger charge is -2.19. The van der Waals surface area contributed by atoms with Crippen molar-refractivity contribution in [3.8, 4) is 5.75 Å². The third-order valence-electron chi connectivity index (χ3n) is 4.99. The van der Waals surface area contributed by atoms with Crippen LogP contribution in [-0.4, -0.2) is 70.0 Å². The van der Waals surface area contributed by atoms with Gasteiger partial charge in [0.1, 0.15) is 18.1 Å². The third kappa shape index (κ3) is 11.7. The van der Waals surface area contributed by atoms with Gasteiger partial charge in [-0.05, 0) is 29.7 Å². The standard InChI is InChI=1S/C23H30N5O8P/c24-18(10-16-6-8-17(29)9-7-16)22(32)26-12-20(30)25-13-21(31)28-19(11-15-4-2-1-3-5-15)23(33)27-14-37(34,35)36/h1-9,18-19,29H,10-14,24H2,(H,25,30)(H,26,32)(H,27,33)(H,28,31)(H2,34,35,36)/t18-,19-/m0/s1. The summed E-state index contributed by atoms with van der Waals surface area (Å²) < 4.78 is 11.1. The molecule has 0 saturated carbocycles. The molecule has 0 heterocycles. The lowest BCUT2D eigenvalue weighted by Crippen LogP contribution is -2.51. The summed E-state index contributed by atoms with van der Waals surface area (Å²) >= 11 is 0. The molecule has 0 aromatic heterocycles. The first kappa shape index (κ1) is 29.5. The number of hydrogen-bond donors (Lipinski definition) is 8. The van der Waals surface area contributed by atoms with Crippen LogP contribution >= 0.6 is 7.60 Å². The Labute approximate surface area is 213 Å². The molecule has 0 unspecified atom stereocenters. The summed E-state index contributed by atoms with van der Waals surface area (Å²) in [6.07, 6.45) is -0.663. The summed E-state index contributed by atoms with van der Waals surface area (Å²) in [4.78, 5) is 66.9. The zero-order chi connectivity index (χ0) is 27.4. The van der Waals surface area contributed by atoms with Gasteiger partial charge in [0, 0.05) is 6.42 Å². The number of nitrogens with two attached hydrogens (primary N) is 1. The number of aromatic hydroxyl groups is 1. The molecule has 0 fully saturated rings. The molecule has 0 aliphatic carbocycles. The Bertz CT molecular complexity index is 1120. The minimum atomic E-state index is -4.50. The van der Waals surface area contributed by atoms with Gasteiger partial charge in [0.2, 0.25) is 23.6 Å². The number of rotatable bonds is 13. The second-order valence-corrected chi connectivity index (χ2v) is 9.79. The van der Waals surface area contributed by atoms with E-state index in [1.54, 1.807) is 42.5 Å². The molecular formula is C23H30N5O8P. The van der Waals surface area contributed by atoms with Crippen LogP contribution in [0.15, 0.2) is 54.6 Å². The average molecular weight is 535 g/mol. The highest BCUT2D eigenvalue weighted by Gasteiger charge is 2.24. The van der Waals surface area contributed by atoms with E-state index in [0.717, 1.165) is 5.56 Å². The van der Waals surface area contributed by atoms with Crippen LogP contribution in [0.4, 0.5) is 0 Å². The second-order valence-electron chi connectivity index (χ2n) is 8.15. The van der Waals surface area contributed by atoms with Crippen LogP contribution in [0.1, 0.15) is 11.1 Å². The van der Waals surface area contributed by atoms with Crippen LogP contribution in [0.5, 0.6) is 5.75 Å². The topological polar surface area (TPSA) is 220 Å². The highest BCUT2D eigenvalue weighted by atomic mass is 31.2. The first-order chi connectivity index (χ1) is 17.4. The number of phenols is 1. The van der Waals surface area contributed by atoms with Gasteiger partial charge in [-0.1, -0.05) is 42.5 Å². The van der Waals surface area contributed by atoms with Crippen molar-refractivity contribution in [3.63, 3.8) is 0 Å². The molecule has 9 N–H and O–H groups in total.